The maximum absolute atomic E-state index is 6.32. The number of aromatic nitrogens is 1. The van der Waals surface area contributed by atoms with Gasteiger partial charge < -0.3 is 5.32 Å². The van der Waals surface area contributed by atoms with E-state index in [2.05, 4.69) is 22.1 Å². The van der Waals surface area contributed by atoms with Crippen molar-refractivity contribution >= 4 is 23.2 Å². The fourth-order valence-electron chi connectivity index (χ4n) is 2.79. The summed E-state index contributed by atoms with van der Waals surface area (Å²) in [4.78, 5) is 6.72. The Balaban J connectivity index is 2.15. The molecule has 1 aliphatic rings. The van der Waals surface area contributed by atoms with Crippen LogP contribution in [-0.2, 0) is 0 Å². The Labute approximate surface area is 131 Å². The zero-order valence-electron chi connectivity index (χ0n) is 12.0. The molecule has 1 saturated heterocycles. The van der Waals surface area contributed by atoms with Crippen LogP contribution in [-0.4, -0.2) is 36.1 Å². The van der Waals surface area contributed by atoms with Gasteiger partial charge in [-0.25, -0.2) is 4.98 Å². The van der Waals surface area contributed by atoms with E-state index >= 15 is 0 Å². The molecule has 2 rings (SSSR count). The van der Waals surface area contributed by atoms with Gasteiger partial charge in [-0.05, 0) is 12.5 Å². The van der Waals surface area contributed by atoms with Crippen molar-refractivity contribution in [1.29, 1.82) is 0 Å². The van der Waals surface area contributed by atoms with E-state index in [9.17, 15) is 0 Å². The molecule has 112 valence electrons. The lowest BCUT2D eigenvalue weighted by molar-refractivity contribution is 0.162. The summed E-state index contributed by atoms with van der Waals surface area (Å²) in [5.74, 6) is 0. The van der Waals surface area contributed by atoms with Gasteiger partial charge in [0.05, 0.1) is 0 Å². The number of pyridine rings is 1. The number of piperazine rings is 1. The molecule has 1 fully saturated rings. The first-order valence-corrected chi connectivity index (χ1v) is 8.24. The van der Waals surface area contributed by atoms with Crippen molar-refractivity contribution < 1.29 is 0 Å². The van der Waals surface area contributed by atoms with E-state index in [1.807, 2.05) is 12.1 Å². The smallest absolute Gasteiger partial charge is 0.135 e. The predicted molar refractivity (Wildman–Crippen MR) is 85.6 cm³/mol. The number of halogens is 2. The fraction of sp³-hybridized carbons (Fsp3) is 0.667. The van der Waals surface area contributed by atoms with Crippen LogP contribution < -0.4 is 5.32 Å². The monoisotopic (exact) mass is 315 g/mol. The second-order valence-corrected chi connectivity index (χ2v) is 6.06. The van der Waals surface area contributed by atoms with Crippen molar-refractivity contribution in [3.63, 3.8) is 0 Å². The Morgan fingerprint density at radius 3 is 2.65 bits per heavy atom. The van der Waals surface area contributed by atoms with Crippen molar-refractivity contribution in [2.75, 3.05) is 26.2 Å². The van der Waals surface area contributed by atoms with Crippen molar-refractivity contribution in [3.8, 4) is 0 Å². The van der Waals surface area contributed by atoms with Crippen molar-refractivity contribution in [2.45, 2.75) is 38.6 Å². The molecule has 0 aromatic carbocycles. The van der Waals surface area contributed by atoms with Crippen LogP contribution in [0.2, 0.25) is 10.3 Å². The molecule has 0 amide bonds. The number of hydrogen-bond acceptors (Lipinski definition) is 3. The van der Waals surface area contributed by atoms with Crippen LogP contribution in [0.1, 0.15) is 44.2 Å². The molecule has 1 aliphatic heterocycles. The summed E-state index contributed by atoms with van der Waals surface area (Å²) in [5, 5.41) is 4.42. The van der Waals surface area contributed by atoms with Crippen LogP contribution in [0.15, 0.2) is 12.1 Å². The number of hydrogen-bond donors (Lipinski definition) is 1. The number of nitrogens with one attached hydrogen (secondary N) is 1. The highest BCUT2D eigenvalue weighted by atomic mass is 35.5. The molecule has 2 heterocycles. The maximum atomic E-state index is 6.32. The Bertz CT molecular complexity index is 420. The molecule has 0 spiro atoms. The van der Waals surface area contributed by atoms with Gasteiger partial charge in [-0.15, -0.1) is 0 Å². The first-order valence-electron chi connectivity index (χ1n) is 7.49. The van der Waals surface area contributed by atoms with Crippen LogP contribution in [0.5, 0.6) is 0 Å². The summed E-state index contributed by atoms with van der Waals surface area (Å²) < 4.78 is 0. The van der Waals surface area contributed by atoms with Crippen LogP contribution in [0.4, 0.5) is 0 Å². The highest BCUT2D eigenvalue weighted by Gasteiger charge is 2.24. The van der Waals surface area contributed by atoms with E-state index < -0.39 is 0 Å². The Morgan fingerprint density at radius 1 is 1.25 bits per heavy atom. The Kier molecular flexibility index (Phi) is 6.56. The molecule has 1 aromatic rings. The van der Waals surface area contributed by atoms with Gasteiger partial charge in [0.2, 0.25) is 0 Å². The van der Waals surface area contributed by atoms with Crippen LogP contribution >= 0.6 is 23.2 Å². The molecule has 0 aliphatic carbocycles. The summed E-state index contributed by atoms with van der Waals surface area (Å²) in [6.07, 6.45) is 4.86. The van der Waals surface area contributed by atoms with Crippen LogP contribution in [0.25, 0.3) is 0 Å². The van der Waals surface area contributed by atoms with Gasteiger partial charge >= 0.3 is 0 Å². The van der Waals surface area contributed by atoms with Gasteiger partial charge in [0, 0.05) is 37.8 Å². The first kappa shape index (κ1) is 16.0. The van der Waals surface area contributed by atoms with E-state index in [0.29, 0.717) is 16.3 Å². The molecule has 1 N–H and O–H groups in total. The van der Waals surface area contributed by atoms with Gasteiger partial charge in [0.1, 0.15) is 10.3 Å². The largest absolute Gasteiger partial charge is 0.314 e. The lowest BCUT2D eigenvalue weighted by Gasteiger charge is -2.35. The predicted octanol–water partition coefficient (Wildman–Crippen LogP) is 3.92. The number of unbranched alkanes of at least 4 members (excludes halogenated alkanes) is 2. The highest BCUT2D eigenvalue weighted by molar-refractivity contribution is 6.32. The maximum Gasteiger partial charge on any atom is 0.135 e. The number of rotatable bonds is 6. The van der Waals surface area contributed by atoms with Gasteiger partial charge in [0.15, 0.2) is 0 Å². The molecule has 3 nitrogen and oxygen atoms in total. The van der Waals surface area contributed by atoms with E-state index in [4.69, 9.17) is 23.2 Å². The minimum absolute atomic E-state index is 0.362. The molecular weight excluding hydrogens is 293 g/mol. The first-order chi connectivity index (χ1) is 9.72. The third-order valence-electron chi connectivity index (χ3n) is 3.88. The normalized spacial score (nSPS) is 18.1. The summed E-state index contributed by atoms with van der Waals surface area (Å²) >= 11 is 12.2. The molecule has 1 atom stereocenters. The molecule has 0 unspecified atom stereocenters. The van der Waals surface area contributed by atoms with Crippen molar-refractivity contribution in [2.24, 2.45) is 0 Å². The lowest BCUT2D eigenvalue weighted by Crippen LogP contribution is -2.45. The third kappa shape index (κ3) is 4.32. The van der Waals surface area contributed by atoms with E-state index in [1.54, 1.807) is 0 Å². The summed E-state index contributed by atoms with van der Waals surface area (Å²) in [7, 11) is 0. The average Bonchev–Trinajstić information content (AvgIpc) is 2.46. The Hall–Kier alpha value is -0.350. The van der Waals surface area contributed by atoms with Crippen LogP contribution in [0.3, 0.4) is 0 Å². The number of nitrogens with zero attached hydrogens (tertiary/aromatic N) is 2. The summed E-state index contributed by atoms with van der Waals surface area (Å²) in [6, 6.07) is 4.24. The molecule has 0 radical (unpaired) electrons. The molecule has 20 heavy (non-hydrogen) atoms. The summed E-state index contributed by atoms with van der Waals surface area (Å²) in [5.41, 5.74) is 1.12. The topological polar surface area (TPSA) is 28.2 Å². The van der Waals surface area contributed by atoms with Gasteiger partial charge in [-0.2, -0.15) is 0 Å². The molecule has 0 saturated carbocycles. The second-order valence-electron chi connectivity index (χ2n) is 5.31. The van der Waals surface area contributed by atoms with Gasteiger partial charge in [-0.1, -0.05) is 55.5 Å². The van der Waals surface area contributed by atoms with E-state index in [1.165, 1.54) is 19.3 Å². The molecule has 0 bridgehead atoms. The van der Waals surface area contributed by atoms with Gasteiger partial charge in [-0.3, -0.25) is 4.90 Å². The highest BCUT2D eigenvalue weighted by Crippen LogP contribution is 2.32. The average molecular weight is 316 g/mol. The van der Waals surface area contributed by atoms with E-state index in [0.717, 1.165) is 38.2 Å². The van der Waals surface area contributed by atoms with Crippen molar-refractivity contribution in [1.82, 2.24) is 15.2 Å². The molecule has 5 heteroatoms. The quantitative estimate of drug-likeness (QED) is 0.637. The zero-order chi connectivity index (χ0) is 14.4. The third-order valence-corrected chi connectivity index (χ3v) is 4.39. The minimum atomic E-state index is 0.362. The van der Waals surface area contributed by atoms with E-state index in [-0.39, 0.29) is 0 Å². The zero-order valence-corrected chi connectivity index (χ0v) is 13.6. The SMILES string of the molecule is CCCCC[C@H](c1ccc(Cl)nc1Cl)N1CCNCC1. The van der Waals surface area contributed by atoms with Gasteiger partial charge in [0.25, 0.3) is 0 Å². The lowest BCUT2D eigenvalue weighted by atomic mass is 9.99. The molecular formula is C15H23Cl2N3. The minimum Gasteiger partial charge on any atom is -0.314 e. The fourth-order valence-corrected chi connectivity index (χ4v) is 3.26. The van der Waals surface area contributed by atoms with Crippen LogP contribution in [0, 0.1) is 0 Å². The standard InChI is InChI=1S/C15H23Cl2N3/c1-2-3-4-5-13(20-10-8-18-9-11-20)12-6-7-14(16)19-15(12)17/h6-7,13,18H,2-5,8-11H2,1H3/t13-/m1/s1. The van der Waals surface area contributed by atoms with Crippen molar-refractivity contribution in [3.05, 3.63) is 28.0 Å². The Morgan fingerprint density at radius 2 is 2.00 bits per heavy atom. The molecule has 1 aromatic heterocycles. The summed E-state index contributed by atoms with van der Waals surface area (Å²) in [6.45, 7) is 6.45. The second kappa shape index (κ2) is 8.18.